The Morgan fingerprint density at radius 1 is 1.28 bits per heavy atom. The lowest BCUT2D eigenvalue weighted by atomic mass is 10.0. The summed E-state index contributed by atoms with van der Waals surface area (Å²) in [7, 11) is 0. The maximum Gasteiger partial charge on any atom is 0.341 e. The SMILES string of the molecule is CC(=N)/C(C(=O)O)=C(\O)c1ccc([N+](=O)[O-])cc1. The molecular formula is C11H10N2O5. The number of carbonyl (C=O) groups is 1. The highest BCUT2D eigenvalue weighted by Gasteiger charge is 2.18. The number of carboxylic acids is 1. The Balaban J connectivity index is 3.28. The fourth-order valence-corrected chi connectivity index (χ4v) is 1.32. The summed E-state index contributed by atoms with van der Waals surface area (Å²) in [6.07, 6.45) is 0. The molecule has 7 nitrogen and oxygen atoms in total. The van der Waals surface area contributed by atoms with Gasteiger partial charge in [0.2, 0.25) is 0 Å². The molecule has 0 atom stereocenters. The van der Waals surface area contributed by atoms with Crippen LogP contribution in [-0.4, -0.2) is 26.8 Å². The fraction of sp³-hybridized carbons (Fsp3) is 0.0909. The molecule has 0 bridgehead atoms. The molecule has 0 spiro atoms. The van der Waals surface area contributed by atoms with Crippen molar-refractivity contribution in [2.75, 3.05) is 0 Å². The van der Waals surface area contributed by atoms with Gasteiger partial charge in [-0.1, -0.05) is 0 Å². The van der Waals surface area contributed by atoms with Crippen LogP contribution in [0.2, 0.25) is 0 Å². The molecule has 0 saturated heterocycles. The van der Waals surface area contributed by atoms with Crippen molar-refractivity contribution >= 4 is 23.1 Å². The summed E-state index contributed by atoms with van der Waals surface area (Å²) in [5.41, 5.74) is -0.915. The summed E-state index contributed by atoms with van der Waals surface area (Å²) in [6, 6.07) is 4.73. The van der Waals surface area contributed by atoms with Crippen LogP contribution in [0.4, 0.5) is 5.69 Å². The number of non-ortho nitro benzene ring substituents is 1. The minimum atomic E-state index is -1.43. The molecule has 18 heavy (non-hydrogen) atoms. The zero-order valence-electron chi connectivity index (χ0n) is 9.38. The first kappa shape index (κ1) is 13.4. The summed E-state index contributed by atoms with van der Waals surface area (Å²) in [6.45, 7) is 1.23. The van der Waals surface area contributed by atoms with E-state index in [1.807, 2.05) is 0 Å². The highest BCUT2D eigenvalue weighted by atomic mass is 16.6. The number of aliphatic hydroxyl groups is 1. The second-order valence-corrected chi connectivity index (χ2v) is 3.46. The molecule has 0 aliphatic carbocycles. The molecular weight excluding hydrogens is 240 g/mol. The Hall–Kier alpha value is -2.70. The van der Waals surface area contributed by atoms with Gasteiger partial charge >= 0.3 is 5.97 Å². The van der Waals surface area contributed by atoms with Crippen molar-refractivity contribution in [1.29, 1.82) is 5.41 Å². The molecule has 1 aromatic carbocycles. The van der Waals surface area contributed by atoms with Crippen molar-refractivity contribution in [3.63, 3.8) is 0 Å². The molecule has 0 radical (unpaired) electrons. The van der Waals surface area contributed by atoms with Crippen molar-refractivity contribution < 1.29 is 19.9 Å². The summed E-state index contributed by atoms with van der Waals surface area (Å²) in [5, 5.41) is 36.3. The number of nitro benzene ring substituents is 1. The number of nitrogens with one attached hydrogen (secondary N) is 1. The lowest BCUT2D eigenvalue weighted by Crippen LogP contribution is -2.11. The van der Waals surface area contributed by atoms with Crippen LogP contribution in [0.15, 0.2) is 29.8 Å². The third kappa shape index (κ3) is 2.70. The lowest BCUT2D eigenvalue weighted by Gasteiger charge is -2.05. The molecule has 0 aliphatic heterocycles. The van der Waals surface area contributed by atoms with E-state index < -0.39 is 22.2 Å². The van der Waals surface area contributed by atoms with Gasteiger partial charge in [0, 0.05) is 23.4 Å². The monoisotopic (exact) mass is 250 g/mol. The van der Waals surface area contributed by atoms with Gasteiger partial charge in [0.25, 0.3) is 5.69 Å². The van der Waals surface area contributed by atoms with Crippen molar-refractivity contribution in [2.24, 2.45) is 0 Å². The van der Waals surface area contributed by atoms with Crippen LogP contribution in [-0.2, 0) is 4.79 Å². The predicted molar refractivity (Wildman–Crippen MR) is 63.7 cm³/mol. The molecule has 1 aromatic rings. The molecule has 3 N–H and O–H groups in total. The smallest absolute Gasteiger partial charge is 0.341 e. The number of nitro groups is 1. The van der Waals surface area contributed by atoms with Gasteiger partial charge in [-0.2, -0.15) is 0 Å². The van der Waals surface area contributed by atoms with Gasteiger partial charge in [-0.25, -0.2) is 4.79 Å². The predicted octanol–water partition coefficient (Wildman–Crippen LogP) is 1.99. The van der Waals surface area contributed by atoms with E-state index in [1.165, 1.54) is 19.1 Å². The second-order valence-electron chi connectivity index (χ2n) is 3.46. The van der Waals surface area contributed by atoms with Gasteiger partial charge in [0.05, 0.1) is 4.92 Å². The van der Waals surface area contributed by atoms with Gasteiger partial charge < -0.3 is 15.6 Å². The van der Waals surface area contributed by atoms with Crippen LogP contribution in [0.25, 0.3) is 5.76 Å². The van der Waals surface area contributed by atoms with E-state index in [0.29, 0.717) is 0 Å². The maximum atomic E-state index is 10.9. The van der Waals surface area contributed by atoms with Crippen LogP contribution in [0.5, 0.6) is 0 Å². The van der Waals surface area contributed by atoms with Crippen LogP contribution in [0.3, 0.4) is 0 Å². The van der Waals surface area contributed by atoms with E-state index in [4.69, 9.17) is 10.5 Å². The van der Waals surface area contributed by atoms with E-state index >= 15 is 0 Å². The van der Waals surface area contributed by atoms with Gasteiger partial charge in [-0.3, -0.25) is 10.1 Å². The first-order valence-electron chi connectivity index (χ1n) is 4.81. The zero-order valence-corrected chi connectivity index (χ0v) is 9.38. The van der Waals surface area contributed by atoms with Gasteiger partial charge in [-0.05, 0) is 19.1 Å². The third-order valence-electron chi connectivity index (χ3n) is 2.18. The normalized spacial score (nSPS) is 11.6. The van der Waals surface area contributed by atoms with E-state index in [0.717, 1.165) is 12.1 Å². The minimum Gasteiger partial charge on any atom is -0.506 e. The molecule has 0 aromatic heterocycles. The van der Waals surface area contributed by atoms with Crippen molar-refractivity contribution in [3.05, 3.63) is 45.5 Å². The number of hydrogen-bond acceptors (Lipinski definition) is 5. The molecule has 0 saturated carbocycles. The third-order valence-corrected chi connectivity index (χ3v) is 2.18. The number of rotatable bonds is 4. The molecule has 0 fully saturated rings. The quantitative estimate of drug-likeness (QED) is 0.248. The second kappa shape index (κ2) is 5.09. The summed E-state index contributed by atoms with van der Waals surface area (Å²) < 4.78 is 0. The maximum absolute atomic E-state index is 10.9. The molecule has 1 rings (SSSR count). The largest absolute Gasteiger partial charge is 0.506 e. The first-order valence-corrected chi connectivity index (χ1v) is 4.81. The Bertz CT molecular complexity index is 529. The van der Waals surface area contributed by atoms with Gasteiger partial charge in [0.15, 0.2) is 0 Å². The van der Waals surface area contributed by atoms with E-state index in [2.05, 4.69) is 0 Å². The summed E-state index contributed by atoms with van der Waals surface area (Å²) in [5.74, 6) is -2.02. The molecule has 0 aliphatic rings. The summed E-state index contributed by atoms with van der Waals surface area (Å²) in [4.78, 5) is 20.7. The number of aliphatic hydroxyl groups excluding tert-OH is 1. The molecule has 7 heteroatoms. The number of carboxylic acid groups (broad SMARTS) is 1. The number of aliphatic carboxylic acids is 1. The van der Waals surface area contributed by atoms with Crippen molar-refractivity contribution in [3.8, 4) is 0 Å². The highest BCUT2D eigenvalue weighted by Crippen LogP contribution is 2.20. The van der Waals surface area contributed by atoms with Crippen LogP contribution < -0.4 is 0 Å². The minimum absolute atomic E-state index is 0.101. The average Bonchev–Trinajstić information content (AvgIpc) is 2.28. The lowest BCUT2D eigenvalue weighted by molar-refractivity contribution is -0.384. The van der Waals surface area contributed by atoms with Crippen molar-refractivity contribution in [2.45, 2.75) is 6.92 Å². The van der Waals surface area contributed by atoms with E-state index in [-0.39, 0.29) is 17.0 Å². The Kier molecular flexibility index (Phi) is 3.78. The fourth-order valence-electron chi connectivity index (χ4n) is 1.32. The highest BCUT2D eigenvalue weighted by molar-refractivity contribution is 6.21. The Labute approximate surface area is 102 Å². The van der Waals surface area contributed by atoms with Crippen LogP contribution >= 0.6 is 0 Å². The first-order chi connectivity index (χ1) is 8.34. The van der Waals surface area contributed by atoms with E-state index in [1.54, 1.807) is 0 Å². The summed E-state index contributed by atoms with van der Waals surface area (Å²) >= 11 is 0. The Morgan fingerprint density at radius 3 is 2.11 bits per heavy atom. The number of benzene rings is 1. The molecule has 94 valence electrons. The van der Waals surface area contributed by atoms with Gasteiger partial charge in [-0.15, -0.1) is 0 Å². The van der Waals surface area contributed by atoms with E-state index in [9.17, 15) is 20.0 Å². The molecule has 0 amide bonds. The van der Waals surface area contributed by atoms with Crippen LogP contribution in [0.1, 0.15) is 12.5 Å². The average molecular weight is 250 g/mol. The van der Waals surface area contributed by atoms with Gasteiger partial charge in [0.1, 0.15) is 11.3 Å². The van der Waals surface area contributed by atoms with Crippen molar-refractivity contribution in [1.82, 2.24) is 0 Å². The Morgan fingerprint density at radius 2 is 1.78 bits per heavy atom. The zero-order chi connectivity index (χ0) is 13.9. The number of hydrogen-bond donors (Lipinski definition) is 3. The van der Waals surface area contributed by atoms with Crippen LogP contribution in [0, 0.1) is 15.5 Å². The number of nitrogens with zero attached hydrogens (tertiary/aromatic N) is 1. The standard InChI is InChI=1S/C11H10N2O5/c1-6(12)9(11(15)16)10(14)7-2-4-8(5-3-7)13(17)18/h2-5,12,14H,1H3,(H,15,16)/b10-9+,12-6?. The topological polar surface area (TPSA) is 125 Å². The molecule has 0 heterocycles. The molecule has 0 unspecified atom stereocenters.